The first-order valence-electron chi connectivity index (χ1n) is 4.68. The van der Waals surface area contributed by atoms with Gasteiger partial charge in [0.05, 0.1) is 0 Å². The molecule has 1 fully saturated rings. The van der Waals surface area contributed by atoms with Crippen LogP contribution in [0.2, 0.25) is 5.02 Å². The Bertz CT molecular complexity index is 441. The van der Waals surface area contributed by atoms with Crippen molar-refractivity contribution < 1.29 is 9.90 Å². The van der Waals surface area contributed by atoms with E-state index in [4.69, 9.17) is 39.9 Å². The van der Waals surface area contributed by atoms with Crippen LogP contribution < -0.4 is 0 Å². The molecule has 16 heavy (non-hydrogen) atoms. The summed E-state index contributed by atoms with van der Waals surface area (Å²) in [7, 11) is 0. The van der Waals surface area contributed by atoms with E-state index in [1.165, 1.54) is 0 Å². The number of hydrogen-bond acceptors (Lipinski definition) is 1. The van der Waals surface area contributed by atoms with Crippen LogP contribution in [0.1, 0.15) is 18.4 Å². The molecule has 0 aromatic heterocycles. The number of rotatable bonds is 2. The summed E-state index contributed by atoms with van der Waals surface area (Å²) in [5, 5.41) is 9.73. The molecule has 0 aliphatic heterocycles. The van der Waals surface area contributed by atoms with E-state index in [9.17, 15) is 4.79 Å². The number of hydrogen-bond donors (Lipinski definition) is 1. The zero-order chi connectivity index (χ0) is 12.1. The third-order valence-electron chi connectivity index (χ3n) is 3.20. The van der Waals surface area contributed by atoms with Crippen LogP contribution in [-0.2, 0) is 4.79 Å². The Morgan fingerprint density at radius 1 is 1.31 bits per heavy atom. The van der Waals surface area contributed by atoms with Gasteiger partial charge in [-0.1, -0.05) is 46.9 Å². The van der Waals surface area contributed by atoms with Gasteiger partial charge in [0, 0.05) is 10.9 Å². The minimum Gasteiger partial charge on any atom is -0.481 e. The second kappa shape index (κ2) is 3.52. The van der Waals surface area contributed by atoms with Crippen LogP contribution in [-0.4, -0.2) is 15.4 Å². The third-order valence-corrected chi connectivity index (χ3v) is 4.67. The normalized spacial score (nSPS) is 31.1. The quantitative estimate of drug-likeness (QED) is 0.838. The lowest BCUT2D eigenvalue weighted by Gasteiger charge is -2.03. The summed E-state index contributed by atoms with van der Waals surface area (Å²) >= 11 is 17.8. The molecule has 1 aromatic carbocycles. The Hall–Kier alpha value is -0.440. The standard InChI is InChI=1S/C11H9Cl3O2/c1-10(9(15)16)8(11(10,13)14)6-2-4-7(12)5-3-6/h2-5,8H,1H3,(H,15,16)/t8-,10+/m0/s1. The molecule has 2 atom stereocenters. The van der Waals surface area contributed by atoms with E-state index in [0.717, 1.165) is 5.56 Å². The zero-order valence-corrected chi connectivity index (χ0v) is 10.6. The molecule has 1 aromatic rings. The van der Waals surface area contributed by atoms with Crippen molar-refractivity contribution in [1.82, 2.24) is 0 Å². The minimum atomic E-state index is -1.26. The highest BCUT2D eigenvalue weighted by Gasteiger charge is 2.78. The average molecular weight is 280 g/mol. The number of halogens is 3. The maximum atomic E-state index is 11.2. The summed E-state index contributed by atoms with van der Waals surface area (Å²) in [6.07, 6.45) is 0. The fourth-order valence-electron chi connectivity index (χ4n) is 1.99. The Balaban J connectivity index is 2.38. The molecule has 1 N–H and O–H groups in total. The van der Waals surface area contributed by atoms with E-state index in [-0.39, 0.29) is 0 Å². The number of alkyl halides is 2. The smallest absolute Gasteiger partial charge is 0.313 e. The molecule has 0 unspecified atom stereocenters. The summed E-state index contributed by atoms with van der Waals surface area (Å²) in [6, 6.07) is 6.89. The molecule has 0 radical (unpaired) electrons. The van der Waals surface area contributed by atoms with Crippen LogP contribution in [0.3, 0.4) is 0 Å². The largest absolute Gasteiger partial charge is 0.481 e. The van der Waals surface area contributed by atoms with Crippen molar-refractivity contribution in [3.05, 3.63) is 34.9 Å². The molecule has 1 saturated carbocycles. The van der Waals surface area contributed by atoms with Gasteiger partial charge in [-0.3, -0.25) is 4.79 Å². The van der Waals surface area contributed by atoms with Crippen LogP contribution in [0.5, 0.6) is 0 Å². The lowest BCUT2D eigenvalue weighted by molar-refractivity contribution is -0.142. The van der Waals surface area contributed by atoms with Gasteiger partial charge in [-0.25, -0.2) is 0 Å². The maximum absolute atomic E-state index is 11.2. The number of carboxylic acid groups (broad SMARTS) is 1. The zero-order valence-electron chi connectivity index (χ0n) is 8.38. The summed E-state index contributed by atoms with van der Waals surface area (Å²) in [4.78, 5) is 11.2. The van der Waals surface area contributed by atoms with Crippen molar-refractivity contribution in [2.75, 3.05) is 0 Å². The monoisotopic (exact) mass is 278 g/mol. The number of carbonyl (C=O) groups is 1. The SMILES string of the molecule is C[C@]1(C(=O)O)[C@H](c2ccc(Cl)cc2)C1(Cl)Cl. The first-order valence-corrected chi connectivity index (χ1v) is 5.82. The van der Waals surface area contributed by atoms with E-state index < -0.39 is 21.6 Å². The van der Waals surface area contributed by atoms with Crippen LogP contribution in [0.4, 0.5) is 0 Å². The van der Waals surface area contributed by atoms with Crippen LogP contribution >= 0.6 is 34.8 Å². The van der Waals surface area contributed by atoms with Crippen molar-refractivity contribution in [3.63, 3.8) is 0 Å². The van der Waals surface area contributed by atoms with Gasteiger partial charge in [-0.2, -0.15) is 0 Å². The predicted octanol–water partition coefficient (Wildman–Crippen LogP) is 3.70. The molecule has 0 bridgehead atoms. The topological polar surface area (TPSA) is 37.3 Å². The molecule has 0 spiro atoms. The van der Waals surface area contributed by atoms with Crippen molar-refractivity contribution in [3.8, 4) is 0 Å². The minimum absolute atomic E-state index is 0.405. The second-order valence-corrected chi connectivity index (χ2v) is 5.94. The molecular formula is C11H9Cl3O2. The van der Waals surface area contributed by atoms with E-state index in [2.05, 4.69) is 0 Å². The third kappa shape index (κ3) is 1.44. The molecule has 2 rings (SSSR count). The fourth-order valence-corrected chi connectivity index (χ4v) is 3.08. The van der Waals surface area contributed by atoms with Crippen molar-refractivity contribution in [1.29, 1.82) is 0 Å². The van der Waals surface area contributed by atoms with Gasteiger partial charge in [-0.15, -0.1) is 0 Å². The van der Waals surface area contributed by atoms with Gasteiger partial charge < -0.3 is 5.11 Å². The van der Waals surface area contributed by atoms with Crippen molar-refractivity contribution in [2.24, 2.45) is 5.41 Å². The van der Waals surface area contributed by atoms with E-state index in [0.29, 0.717) is 5.02 Å². The summed E-state index contributed by atoms with van der Waals surface area (Å²) in [5.74, 6) is -1.39. The molecule has 0 amide bonds. The van der Waals surface area contributed by atoms with Gasteiger partial charge >= 0.3 is 5.97 Å². The van der Waals surface area contributed by atoms with Gasteiger partial charge in [0.15, 0.2) is 0 Å². The van der Waals surface area contributed by atoms with Gasteiger partial charge in [0.2, 0.25) is 0 Å². The summed E-state index contributed by atoms with van der Waals surface area (Å²) in [5.41, 5.74) is -0.344. The summed E-state index contributed by atoms with van der Waals surface area (Å²) in [6.45, 7) is 1.55. The number of carboxylic acids is 1. The average Bonchev–Trinajstić information content (AvgIpc) is 2.65. The van der Waals surface area contributed by atoms with E-state index in [1.54, 1.807) is 31.2 Å². The fraction of sp³-hybridized carbons (Fsp3) is 0.364. The van der Waals surface area contributed by atoms with Crippen molar-refractivity contribution >= 4 is 40.8 Å². The highest BCUT2D eigenvalue weighted by molar-refractivity contribution is 6.54. The molecule has 5 heteroatoms. The Morgan fingerprint density at radius 3 is 2.19 bits per heavy atom. The van der Waals surface area contributed by atoms with E-state index in [1.807, 2.05) is 0 Å². The molecule has 86 valence electrons. The molecule has 0 saturated heterocycles. The molecule has 1 aliphatic carbocycles. The highest BCUT2D eigenvalue weighted by atomic mass is 35.5. The van der Waals surface area contributed by atoms with Crippen LogP contribution in [0.25, 0.3) is 0 Å². The first-order chi connectivity index (χ1) is 7.31. The molecule has 0 heterocycles. The molecule has 1 aliphatic rings. The Kier molecular flexibility index (Phi) is 2.65. The summed E-state index contributed by atoms with van der Waals surface area (Å²) < 4.78 is -1.26. The van der Waals surface area contributed by atoms with Gasteiger partial charge in [0.1, 0.15) is 9.75 Å². The Morgan fingerprint density at radius 2 is 1.81 bits per heavy atom. The van der Waals surface area contributed by atoms with Crippen LogP contribution in [0.15, 0.2) is 24.3 Å². The molecular weight excluding hydrogens is 270 g/mol. The first kappa shape index (κ1) is 12.0. The number of benzene rings is 1. The lowest BCUT2D eigenvalue weighted by Crippen LogP contribution is -2.17. The predicted molar refractivity (Wildman–Crippen MR) is 64.4 cm³/mol. The molecule has 2 nitrogen and oxygen atoms in total. The number of aliphatic carboxylic acids is 1. The van der Waals surface area contributed by atoms with Gasteiger partial charge in [-0.05, 0) is 24.6 Å². The van der Waals surface area contributed by atoms with Crippen LogP contribution in [0, 0.1) is 5.41 Å². The van der Waals surface area contributed by atoms with E-state index >= 15 is 0 Å². The van der Waals surface area contributed by atoms with Crippen molar-refractivity contribution in [2.45, 2.75) is 17.2 Å². The van der Waals surface area contributed by atoms with Gasteiger partial charge in [0.25, 0.3) is 0 Å². The second-order valence-electron chi connectivity index (χ2n) is 4.12. The Labute approximate surface area is 108 Å². The lowest BCUT2D eigenvalue weighted by atomic mass is 10.0. The highest BCUT2D eigenvalue weighted by Crippen LogP contribution is 2.73. The maximum Gasteiger partial charge on any atom is 0.313 e.